The van der Waals surface area contributed by atoms with E-state index in [4.69, 9.17) is 5.84 Å². The van der Waals surface area contributed by atoms with E-state index >= 15 is 0 Å². The molecule has 0 aliphatic carbocycles. The molecule has 4 N–H and O–H groups in total. The molecule has 0 aliphatic heterocycles. The molecule has 0 aliphatic rings. The van der Waals surface area contributed by atoms with E-state index in [1.54, 1.807) is 44.4 Å². The number of sulfonamides is 1. The Hall–Kier alpha value is -1.96. The Morgan fingerprint density at radius 1 is 1.24 bits per heavy atom. The lowest BCUT2D eigenvalue weighted by Crippen LogP contribution is -2.25. The van der Waals surface area contributed by atoms with Crippen LogP contribution in [0.25, 0.3) is 0 Å². The van der Waals surface area contributed by atoms with Crippen LogP contribution in [0.1, 0.15) is 16.7 Å². The van der Waals surface area contributed by atoms with Crippen molar-refractivity contribution in [2.24, 2.45) is 5.84 Å². The molecule has 0 spiro atoms. The van der Waals surface area contributed by atoms with Gasteiger partial charge in [-0.3, -0.25) is 10.8 Å². The predicted molar refractivity (Wildman–Crippen MR) is 82.0 cm³/mol. The normalized spacial score (nSPS) is 11.4. The van der Waals surface area contributed by atoms with E-state index in [9.17, 15) is 8.42 Å². The number of hydrogen-bond acceptors (Lipinski definition) is 5. The van der Waals surface area contributed by atoms with Gasteiger partial charge in [-0.15, -0.1) is 0 Å². The average Bonchev–Trinajstić information content (AvgIpc) is 2.45. The van der Waals surface area contributed by atoms with Crippen LogP contribution >= 0.6 is 0 Å². The maximum absolute atomic E-state index is 12.5. The number of nitrogens with zero attached hydrogens (tertiary/aromatic N) is 1. The molecule has 21 heavy (non-hydrogen) atoms. The Morgan fingerprint density at radius 2 is 1.90 bits per heavy atom. The fourth-order valence-corrected chi connectivity index (χ4v) is 3.68. The molecule has 0 amide bonds. The van der Waals surface area contributed by atoms with Crippen molar-refractivity contribution in [2.45, 2.75) is 25.3 Å². The molecule has 0 atom stereocenters. The number of hydrogen-bond donors (Lipinski definition) is 3. The summed E-state index contributed by atoms with van der Waals surface area (Å²) in [5.41, 5.74) is 5.28. The SMILES string of the molecule is Cc1cc(NN)cc(C)c1S(=O)(=O)NCc1cccnc1. The van der Waals surface area contributed by atoms with Gasteiger partial charge in [-0.1, -0.05) is 6.07 Å². The Bertz CT molecular complexity index is 707. The number of aryl methyl sites for hydroxylation is 2. The van der Waals surface area contributed by atoms with Gasteiger partial charge in [-0.25, -0.2) is 13.1 Å². The monoisotopic (exact) mass is 306 g/mol. The zero-order valence-corrected chi connectivity index (χ0v) is 12.7. The van der Waals surface area contributed by atoms with E-state index in [1.807, 2.05) is 6.07 Å². The second-order valence-electron chi connectivity index (χ2n) is 4.77. The zero-order chi connectivity index (χ0) is 15.5. The molecule has 2 aromatic rings. The zero-order valence-electron chi connectivity index (χ0n) is 11.9. The van der Waals surface area contributed by atoms with E-state index in [-0.39, 0.29) is 11.4 Å². The van der Waals surface area contributed by atoms with Crippen LogP contribution < -0.4 is 16.0 Å². The van der Waals surface area contributed by atoms with Crippen molar-refractivity contribution in [1.29, 1.82) is 0 Å². The number of nitrogen functional groups attached to an aromatic ring is 1. The molecule has 0 saturated heterocycles. The average molecular weight is 306 g/mol. The van der Waals surface area contributed by atoms with Gasteiger partial charge in [-0.05, 0) is 48.7 Å². The molecule has 1 heterocycles. The highest BCUT2D eigenvalue weighted by atomic mass is 32.2. The van der Waals surface area contributed by atoms with Crippen molar-refractivity contribution in [2.75, 3.05) is 5.43 Å². The summed E-state index contributed by atoms with van der Waals surface area (Å²) in [4.78, 5) is 4.24. The van der Waals surface area contributed by atoms with Gasteiger partial charge < -0.3 is 5.43 Å². The minimum absolute atomic E-state index is 0.200. The van der Waals surface area contributed by atoms with Gasteiger partial charge in [0, 0.05) is 24.6 Å². The van der Waals surface area contributed by atoms with Gasteiger partial charge in [0.25, 0.3) is 0 Å². The summed E-state index contributed by atoms with van der Waals surface area (Å²) in [5.74, 6) is 5.36. The predicted octanol–water partition coefficient (Wildman–Crippen LogP) is 1.46. The summed E-state index contributed by atoms with van der Waals surface area (Å²) in [7, 11) is -3.59. The van der Waals surface area contributed by atoms with Gasteiger partial charge in [-0.2, -0.15) is 0 Å². The molecule has 7 heteroatoms. The Morgan fingerprint density at radius 3 is 2.43 bits per heavy atom. The third-order valence-electron chi connectivity index (χ3n) is 3.08. The van der Waals surface area contributed by atoms with Crippen molar-refractivity contribution in [3.8, 4) is 0 Å². The second-order valence-corrected chi connectivity index (χ2v) is 6.47. The number of nitrogens with two attached hydrogens (primary N) is 1. The highest BCUT2D eigenvalue weighted by Crippen LogP contribution is 2.24. The fourth-order valence-electron chi connectivity index (χ4n) is 2.21. The van der Waals surface area contributed by atoms with Gasteiger partial charge >= 0.3 is 0 Å². The highest BCUT2D eigenvalue weighted by Gasteiger charge is 2.19. The third-order valence-corrected chi connectivity index (χ3v) is 4.79. The van der Waals surface area contributed by atoms with E-state index < -0.39 is 10.0 Å². The Labute approximate surface area is 124 Å². The number of hydrazine groups is 1. The minimum Gasteiger partial charge on any atom is -0.324 e. The maximum atomic E-state index is 12.5. The number of nitrogens with one attached hydrogen (secondary N) is 2. The molecule has 0 fully saturated rings. The van der Waals surface area contributed by atoms with Crippen molar-refractivity contribution in [3.63, 3.8) is 0 Å². The van der Waals surface area contributed by atoms with Crippen molar-refractivity contribution < 1.29 is 8.42 Å². The van der Waals surface area contributed by atoms with Crippen molar-refractivity contribution >= 4 is 15.7 Å². The molecule has 6 nitrogen and oxygen atoms in total. The number of pyridine rings is 1. The molecule has 0 radical (unpaired) electrons. The van der Waals surface area contributed by atoms with E-state index in [0.29, 0.717) is 16.8 Å². The standard InChI is InChI=1S/C14H18N4O2S/c1-10-6-13(18-15)7-11(2)14(10)21(19,20)17-9-12-4-3-5-16-8-12/h3-8,17-18H,9,15H2,1-2H3. The lowest BCUT2D eigenvalue weighted by atomic mass is 10.1. The molecular weight excluding hydrogens is 288 g/mol. The van der Waals surface area contributed by atoms with Crippen LogP contribution in [0.15, 0.2) is 41.6 Å². The fraction of sp³-hybridized carbons (Fsp3) is 0.214. The van der Waals surface area contributed by atoms with Crippen LogP contribution in [-0.4, -0.2) is 13.4 Å². The number of aromatic nitrogens is 1. The third kappa shape index (κ3) is 3.57. The van der Waals surface area contributed by atoms with Crippen LogP contribution in [0.3, 0.4) is 0 Å². The Balaban J connectivity index is 2.28. The molecule has 112 valence electrons. The molecule has 0 bridgehead atoms. The van der Waals surface area contributed by atoms with Crippen molar-refractivity contribution in [1.82, 2.24) is 9.71 Å². The summed E-state index contributed by atoms with van der Waals surface area (Å²) >= 11 is 0. The maximum Gasteiger partial charge on any atom is 0.241 e. The lowest BCUT2D eigenvalue weighted by Gasteiger charge is -2.14. The first-order valence-electron chi connectivity index (χ1n) is 6.40. The first kappa shape index (κ1) is 15.4. The Kier molecular flexibility index (Phi) is 4.56. The first-order chi connectivity index (χ1) is 9.94. The van der Waals surface area contributed by atoms with Crippen LogP contribution in [0.2, 0.25) is 0 Å². The van der Waals surface area contributed by atoms with Gasteiger partial charge in [0.05, 0.1) is 4.90 Å². The molecule has 0 unspecified atom stereocenters. The van der Waals surface area contributed by atoms with Crippen molar-refractivity contribution in [3.05, 3.63) is 53.3 Å². The van der Waals surface area contributed by atoms with E-state index in [2.05, 4.69) is 15.1 Å². The summed E-state index contributed by atoms with van der Waals surface area (Å²) in [6.45, 7) is 3.69. The summed E-state index contributed by atoms with van der Waals surface area (Å²) in [5, 5.41) is 0. The molecule has 1 aromatic heterocycles. The molecular formula is C14H18N4O2S. The number of benzene rings is 1. The summed E-state index contributed by atoms with van der Waals surface area (Å²) in [6.07, 6.45) is 3.27. The number of rotatable bonds is 5. The van der Waals surface area contributed by atoms with E-state index in [1.165, 1.54) is 0 Å². The highest BCUT2D eigenvalue weighted by molar-refractivity contribution is 7.89. The van der Waals surface area contributed by atoms with Gasteiger partial charge in [0.1, 0.15) is 0 Å². The van der Waals surface area contributed by atoms with Crippen LogP contribution in [-0.2, 0) is 16.6 Å². The first-order valence-corrected chi connectivity index (χ1v) is 7.89. The topological polar surface area (TPSA) is 97.1 Å². The molecule has 0 saturated carbocycles. The quantitative estimate of drug-likeness (QED) is 0.574. The smallest absolute Gasteiger partial charge is 0.241 e. The van der Waals surface area contributed by atoms with Crippen LogP contribution in [0, 0.1) is 13.8 Å². The minimum atomic E-state index is -3.59. The second kappa shape index (κ2) is 6.21. The summed E-state index contributed by atoms with van der Waals surface area (Å²) < 4.78 is 27.5. The molecule has 1 aromatic carbocycles. The van der Waals surface area contributed by atoms with Crippen LogP contribution in [0.4, 0.5) is 5.69 Å². The largest absolute Gasteiger partial charge is 0.324 e. The number of anilines is 1. The van der Waals surface area contributed by atoms with Gasteiger partial charge in [0.2, 0.25) is 10.0 Å². The molecule has 2 rings (SSSR count). The van der Waals surface area contributed by atoms with Crippen LogP contribution in [0.5, 0.6) is 0 Å². The lowest BCUT2D eigenvalue weighted by molar-refractivity contribution is 0.580. The summed E-state index contributed by atoms with van der Waals surface area (Å²) in [6, 6.07) is 6.98. The van der Waals surface area contributed by atoms with Gasteiger partial charge in [0.15, 0.2) is 0 Å². The van der Waals surface area contributed by atoms with E-state index in [0.717, 1.165) is 5.56 Å².